The number of hydrogen-bond donors (Lipinski definition) is 0. The summed E-state index contributed by atoms with van der Waals surface area (Å²) in [7, 11) is 0. The number of aromatic nitrogens is 1. The van der Waals surface area contributed by atoms with Gasteiger partial charge in [0.2, 0.25) is 0 Å². The van der Waals surface area contributed by atoms with Gasteiger partial charge in [0.15, 0.2) is 5.76 Å². The fourth-order valence-electron chi connectivity index (χ4n) is 1.61. The maximum absolute atomic E-state index is 8.69. The Balaban J connectivity index is 0.000000379. The van der Waals surface area contributed by atoms with Gasteiger partial charge in [-0.05, 0) is 50.6 Å². The van der Waals surface area contributed by atoms with Gasteiger partial charge in [0.05, 0.1) is 18.1 Å². The van der Waals surface area contributed by atoms with E-state index in [1.807, 2.05) is 63.3 Å². The first-order chi connectivity index (χ1) is 11.2. The number of hydrogen-bond acceptors (Lipinski definition) is 4. The van der Waals surface area contributed by atoms with Crippen molar-refractivity contribution in [2.24, 2.45) is 0 Å². The molecule has 0 atom stereocenters. The molecule has 0 saturated carbocycles. The van der Waals surface area contributed by atoms with E-state index in [4.69, 9.17) is 14.9 Å². The van der Waals surface area contributed by atoms with Crippen LogP contribution in [0, 0.1) is 22.7 Å². The summed E-state index contributed by atoms with van der Waals surface area (Å²) in [6.07, 6.45) is 7.76. The number of nitriles is 2. The molecule has 0 aliphatic rings. The van der Waals surface area contributed by atoms with E-state index in [1.165, 1.54) is 0 Å². The fraction of sp³-hybridized carbons (Fsp3) is 0.211. The van der Waals surface area contributed by atoms with E-state index in [9.17, 15) is 0 Å². The lowest BCUT2D eigenvalue weighted by atomic mass is 10.2. The molecule has 4 heteroatoms. The van der Waals surface area contributed by atoms with E-state index < -0.39 is 0 Å². The molecule has 0 aliphatic heterocycles. The zero-order valence-electron chi connectivity index (χ0n) is 13.6. The SMILES string of the molecule is C/C=C(\C)c1ccc(-c2ccc(C#N)cn2)o1.C/C=C/CC#N. The van der Waals surface area contributed by atoms with E-state index in [-0.39, 0.29) is 0 Å². The van der Waals surface area contributed by atoms with Gasteiger partial charge in [-0.25, -0.2) is 0 Å². The van der Waals surface area contributed by atoms with Crippen molar-refractivity contribution in [2.45, 2.75) is 27.2 Å². The fourth-order valence-corrected chi connectivity index (χ4v) is 1.61. The first kappa shape index (κ1) is 17.9. The summed E-state index contributed by atoms with van der Waals surface area (Å²) in [5, 5.41) is 16.6. The van der Waals surface area contributed by atoms with E-state index >= 15 is 0 Å². The Morgan fingerprint density at radius 3 is 2.48 bits per heavy atom. The van der Waals surface area contributed by atoms with E-state index in [0.29, 0.717) is 17.7 Å². The second-order valence-electron chi connectivity index (χ2n) is 4.61. The minimum Gasteiger partial charge on any atom is -0.455 e. The molecule has 2 rings (SSSR count). The molecular weight excluding hydrogens is 286 g/mol. The highest BCUT2D eigenvalue weighted by Crippen LogP contribution is 2.24. The standard InChI is InChI=1S/C14H12N2O.C5H7N/c1-3-10(2)13-6-7-14(17-13)12-5-4-11(8-15)9-16-12;1-2-3-4-5-6/h3-7,9H,1-2H3;2-3H,4H2,1H3/b10-3+;3-2+. The van der Waals surface area contributed by atoms with Gasteiger partial charge in [-0.15, -0.1) is 0 Å². The van der Waals surface area contributed by atoms with Gasteiger partial charge in [-0.2, -0.15) is 10.5 Å². The van der Waals surface area contributed by atoms with Crippen LogP contribution in [0.5, 0.6) is 0 Å². The first-order valence-corrected chi connectivity index (χ1v) is 7.24. The highest BCUT2D eigenvalue weighted by atomic mass is 16.3. The summed E-state index contributed by atoms with van der Waals surface area (Å²) in [4.78, 5) is 4.18. The Morgan fingerprint density at radius 1 is 1.22 bits per heavy atom. The molecule has 4 nitrogen and oxygen atoms in total. The van der Waals surface area contributed by atoms with E-state index in [1.54, 1.807) is 18.3 Å². The molecule has 0 fully saturated rings. The Kier molecular flexibility index (Phi) is 7.61. The van der Waals surface area contributed by atoms with Gasteiger partial charge >= 0.3 is 0 Å². The van der Waals surface area contributed by atoms with Crippen LogP contribution in [0.1, 0.15) is 38.5 Å². The topological polar surface area (TPSA) is 73.6 Å². The summed E-state index contributed by atoms with van der Waals surface area (Å²) in [5.74, 6) is 1.55. The quantitative estimate of drug-likeness (QED) is 0.738. The molecule has 23 heavy (non-hydrogen) atoms. The molecule has 0 unspecified atom stereocenters. The molecule has 0 saturated heterocycles. The van der Waals surface area contributed by atoms with Crippen molar-refractivity contribution in [3.8, 4) is 23.6 Å². The molecule has 116 valence electrons. The maximum atomic E-state index is 8.69. The number of nitrogens with zero attached hydrogens (tertiary/aromatic N) is 3. The molecule has 0 amide bonds. The lowest BCUT2D eigenvalue weighted by Crippen LogP contribution is -1.82. The van der Waals surface area contributed by atoms with Gasteiger partial charge in [-0.1, -0.05) is 18.2 Å². The van der Waals surface area contributed by atoms with Crippen LogP contribution in [0.25, 0.3) is 17.0 Å². The van der Waals surface area contributed by atoms with Gasteiger partial charge in [0, 0.05) is 6.20 Å². The summed E-state index contributed by atoms with van der Waals surface area (Å²) >= 11 is 0. The average molecular weight is 305 g/mol. The maximum Gasteiger partial charge on any atom is 0.153 e. The van der Waals surface area contributed by atoms with Crippen LogP contribution in [0.3, 0.4) is 0 Å². The van der Waals surface area contributed by atoms with Crippen LogP contribution >= 0.6 is 0 Å². The third kappa shape index (κ3) is 5.65. The number of furan rings is 1. The molecule has 0 N–H and O–H groups in total. The zero-order valence-corrected chi connectivity index (χ0v) is 13.6. The minimum absolute atomic E-state index is 0.538. The van der Waals surface area contributed by atoms with Crippen LogP contribution in [0.15, 0.2) is 53.1 Å². The molecule has 0 bridgehead atoms. The van der Waals surface area contributed by atoms with Crippen molar-refractivity contribution in [2.75, 3.05) is 0 Å². The minimum atomic E-state index is 0.538. The Bertz CT molecular complexity index is 753. The van der Waals surface area contributed by atoms with Crippen LogP contribution in [-0.2, 0) is 0 Å². The summed E-state index contributed by atoms with van der Waals surface area (Å²) in [5.41, 5.74) is 2.37. The second-order valence-corrected chi connectivity index (χ2v) is 4.61. The highest BCUT2D eigenvalue weighted by molar-refractivity contribution is 5.62. The first-order valence-electron chi connectivity index (χ1n) is 7.24. The normalized spacial score (nSPS) is 10.6. The monoisotopic (exact) mass is 305 g/mol. The molecule has 0 radical (unpaired) electrons. The van der Waals surface area contributed by atoms with E-state index in [0.717, 1.165) is 17.0 Å². The molecule has 0 aromatic carbocycles. The third-order valence-corrected chi connectivity index (χ3v) is 3.02. The summed E-state index contributed by atoms with van der Waals surface area (Å²) < 4.78 is 5.68. The molecular formula is C19H19N3O. The van der Waals surface area contributed by atoms with Crippen LogP contribution in [-0.4, -0.2) is 4.98 Å². The second kappa shape index (κ2) is 9.76. The lowest BCUT2D eigenvalue weighted by Gasteiger charge is -1.97. The van der Waals surface area contributed by atoms with Gasteiger partial charge in [-0.3, -0.25) is 4.98 Å². The van der Waals surface area contributed by atoms with Crippen LogP contribution < -0.4 is 0 Å². The molecule has 0 spiro atoms. The highest BCUT2D eigenvalue weighted by Gasteiger charge is 2.06. The summed E-state index contributed by atoms with van der Waals surface area (Å²) in [6, 6.07) is 11.3. The van der Waals surface area contributed by atoms with Crippen molar-refractivity contribution in [1.82, 2.24) is 4.98 Å². The number of rotatable bonds is 3. The van der Waals surface area contributed by atoms with E-state index in [2.05, 4.69) is 4.98 Å². The zero-order chi connectivity index (χ0) is 17.1. The van der Waals surface area contributed by atoms with Crippen molar-refractivity contribution in [1.29, 1.82) is 10.5 Å². The summed E-state index contributed by atoms with van der Waals surface area (Å²) in [6.45, 7) is 5.86. The predicted octanol–water partition coefficient (Wildman–Crippen LogP) is 5.11. The van der Waals surface area contributed by atoms with Crippen molar-refractivity contribution in [3.05, 3.63) is 60.0 Å². The van der Waals surface area contributed by atoms with Crippen LogP contribution in [0.2, 0.25) is 0 Å². The van der Waals surface area contributed by atoms with Crippen molar-refractivity contribution >= 4 is 5.57 Å². The van der Waals surface area contributed by atoms with Crippen molar-refractivity contribution < 1.29 is 4.42 Å². The largest absolute Gasteiger partial charge is 0.455 e. The molecule has 2 aromatic rings. The Labute approximate surface area is 137 Å². The Morgan fingerprint density at radius 2 is 2.00 bits per heavy atom. The number of pyridine rings is 1. The molecule has 0 aliphatic carbocycles. The molecule has 2 aromatic heterocycles. The van der Waals surface area contributed by atoms with Crippen molar-refractivity contribution in [3.63, 3.8) is 0 Å². The molecule has 2 heterocycles. The lowest BCUT2D eigenvalue weighted by molar-refractivity contribution is 0.565. The predicted molar refractivity (Wildman–Crippen MR) is 91.0 cm³/mol. The van der Waals surface area contributed by atoms with Gasteiger partial charge < -0.3 is 4.42 Å². The third-order valence-electron chi connectivity index (χ3n) is 3.02. The van der Waals surface area contributed by atoms with Gasteiger partial charge in [0.25, 0.3) is 0 Å². The number of allylic oxidation sites excluding steroid dienone is 4. The Hall–Kier alpha value is -3.11. The van der Waals surface area contributed by atoms with Gasteiger partial charge in [0.1, 0.15) is 17.5 Å². The smallest absolute Gasteiger partial charge is 0.153 e. The van der Waals surface area contributed by atoms with Crippen LogP contribution in [0.4, 0.5) is 0 Å². The average Bonchev–Trinajstić information content (AvgIpc) is 3.10.